The summed E-state index contributed by atoms with van der Waals surface area (Å²) < 4.78 is 0. The largest absolute Gasteiger partial charge is 0.478 e. The summed E-state index contributed by atoms with van der Waals surface area (Å²) in [7, 11) is 0. The van der Waals surface area contributed by atoms with Gasteiger partial charge in [-0.25, -0.2) is 4.79 Å². The molecule has 0 spiro atoms. The summed E-state index contributed by atoms with van der Waals surface area (Å²) in [5.41, 5.74) is 2.79. The fourth-order valence-electron chi connectivity index (χ4n) is 2.97. The fourth-order valence-corrected chi connectivity index (χ4v) is 2.97. The molecule has 0 saturated carbocycles. The van der Waals surface area contributed by atoms with Gasteiger partial charge in [-0.15, -0.1) is 0 Å². The summed E-state index contributed by atoms with van der Waals surface area (Å²) in [6.45, 7) is 4.56. The molecule has 0 atom stereocenters. The van der Waals surface area contributed by atoms with Crippen molar-refractivity contribution in [2.24, 2.45) is 10.6 Å². The van der Waals surface area contributed by atoms with Gasteiger partial charge in [0.15, 0.2) is 0 Å². The molecule has 0 aliphatic heterocycles. The van der Waals surface area contributed by atoms with Crippen LogP contribution in [0.2, 0.25) is 0 Å². The van der Waals surface area contributed by atoms with E-state index < -0.39 is 5.97 Å². The van der Waals surface area contributed by atoms with Crippen LogP contribution in [0.3, 0.4) is 0 Å². The smallest absolute Gasteiger partial charge is 0.335 e. The summed E-state index contributed by atoms with van der Waals surface area (Å²) in [6, 6.07) is 6.58. The molecule has 0 radical (unpaired) electrons. The number of carboxylic acids is 1. The molecule has 2 N–H and O–H groups in total. The molecule has 0 fully saturated rings. The lowest BCUT2D eigenvalue weighted by Gasteiger charge is -2.23. The number of hydrogen-bond acceptors (Lipinski definition) is 3. The van der Waals surface area contributed by atoms with Gasteiger partial charge in [0.25, 0.3) is 0 Å². The molecule has 0 bridgehead atoms. The average Bonchev–Trinajstić information content (AvgIpc) is 2.61. The molecule has 1 aromatic carbocycles. The van der Waals surface area contributed by atoms with Crippen LogP contribution in [0.5, 0.6) is 0 Å². The predicted molar refractivity (Wildman–Crippen MR) is 106 cm³/mol. The first-order chi connectivity index (χ1) is 12.4. The zero-order valence-electron chi connectivity index (χ0n) is 15.5. The van der Waals surface area contributed by atoms with Crippen LogP contribution in [0.25, 0.3) is 6.08 Å². The maximum atomic E-state index is 10.9. The lowest BCUT2D eigenvalue weighted by atomic mass is 9.82. The van der Waals surface area contributed by atoms with E-state index in [9.17, 15) is 10.0 Å². The first-order valence-electron chi connectivity index (χ1n) is 9.02. The van der Waals surface area contributed by atoms with Gasteiger partial charge in [0, 0.05) is 0 Å². The number of carboxylic acid groups (broad SMARTS) is 1. The van der Waals surface area contributed by atoms with E-state index in [1.807, 2.05) is 12.2 Å². The van der Waals surface area contributed by atoms with E-state index >= 15 is 0 Å². The van der Waals surface area contributed by atoms with Crippen molar-refractivity contribution in [3.63, 3.8) is 0 Å². The van der Waals surface area contributed by atoms with Crippen LogP contribution in [0, 0.1) is 5.41 Å². The fraction of sp³-hybridized carbons (Fsp3) is 0.364. The van der Waals surface area contributed by atoms with Crippen molar-refractivity contribution in [1.29, 1.82) is 0 Å². The van der Waals surface area contributed by atoms with Crippen molar-refractivity contribution in [3.05, 3.63) is 65.3 Å². The number of rotatable bonds is 4. The molecule has 0 saturated heterocycles. The molecule has 2 rings (SSSR count). The van der Waals surface area contributed by atoms with Gasteiger partial charge < -0.3 is 10.3 Å². The molecule has 1 aromatic rings. The van der Waals surface area contributed by atoms with E-state index in [1.54, 1.807) is 30.3 Å². The average molecular weight is 353 g/mol. The van der Waals surface area contributed by atoms with Crippen LogP contribution in [0.15, 0.2) is 59.3 Å². The Labute approximate surface area is 155 Å². The third-order valence-electron chi connectivity index (χ3n) is 4.63. The van der Waals surface area contributed by atoms with E-state index in [1.165, 1.54) is 12.8 Å². The molecule has 4 nitrogen and oxygen atoms in total. The summed E-state index contributed by atoms with van der Waals surface area (Å²) in [4.78, 5) is 10.9. The normalized spacial score (nSPS) is 21.8. The Morgan fingerprint density at radius 2 is 1.92 bits per heavy atom. The number of aromatic carboxylic acids is 1. The number of carbonyl (C=O) groups is 1. The zero-order chi connectivity index (χ0) is 19.0. The number of nitrogens with zero attached hydrogens (tertiary/aromatic N) is 1. The van der Waals surface area contributed by atoms with Gasteiger partial charge in [-0.1, -0.05) is 61.9 Å². The zero-order valence-corrected chi connectivity index (χ0v) is 15.5. The minimum atomic E-state index is -0.946. The quantitative estimate of drug-likeness (QED) is 0.414. The molecule has 1 aliphatic carbocycles. The Balaban J connectivity index is 2.16. The standard InChI is InChI=1S/C22H27NO3/c1-22(2)15-5-3-4-7-18(8-6-16-22)20(23-26)14-11-17-9-12-19(13-10-17)21(24)25/h6-14,26H,3-5,15-16H2,1-2H3,(H,24,25)/b8-6-,14-11+,18-7+,23-20+. The molecule has 0 aromatic heterocycles. The van der Waals surface area contributed by atoms with Crippen LogP contribution in [0.1, 0.15) is 61.9 Å². The van der Waals surface area contributed by atoms with Gasteiger partial charge >= 0.3 is 5.97 Å². The van der Waals surface area contributed by atoms with Crippen LogP contribution in [0.4, 0.5) is 0 Å². The monoisotopic (exact) mass is 353 g/mol. The Morgan fingerprint density at radius 3 is 2.58 bits per heavy atom. The molecule has 26 heavy (non-hydrogen) atoms. The van der Waals surface area contributed by atoms with Crippen molar-refractivity contribution in [3.8, 4) is 0 Å². The minimum Gasteiger partial charge on any atom is -0.478 e. The summed E-state index contributed by atoms with van der Waals surface area (Å²) >= 11 is 0. The highest BCUT2D eigenvalue weighted by Gasteiger charge is 2.16. The molecule has 0 amide bonds. The maximum Gasteiger partial charge on any atom is 0.335 e. The number of benzene rings is 1. The predicted octanol–water partition coefficient (Wildman–Crippen LogP) is 5.70. The second-order valence-corrected chi connectivity index (χ2v) is 7.42. The van der Waals surface area contributed by atoms with E-state index in [2.05, 4.69) is 31.2 Å². The SMILES string of the molecule is CC1(C)C\C=C/C(C(/C=C/c2ccc(C(=O)O)cc2)=N/O)=C\CCCC1. The Bertz CT molecular complexity index is 737. The molecule has 138 valence electrons. The van der Waals surface area contributed by atoms with Gasteiger partial charge in [-0.05, 0) is 60.4 Å². The Kier molecular flexibility index (Phi) is 6.96. The van der Waals surface area contributed by atoms with Crippen molar-refractivity contribution in [2.45, 2.75) is 46.0 Å². The van der Waals surface area contributed by atoms with Gasteiger partial charge in [-0.3, -0.25) is 0 Å². The summed E-state index contributed by atoms with van der Waals surface area (Å²) in [5.74, 6) is -0.946. The molecule has 4 heteroatoms. The minimum absolute atomic E-state index is 0.249. The van der Waals surface area contributed by atoms with Crippen LogP contribution < -0.4 is 0 Å². The third kappa shape index (κ3) is 6.03. The van der Waals surface area contributed by atoms with Gasteiger partial charge in [0.05, 0.1) is 5.56 Å². The van der Waals surface area contributed by atoms with Crippen molar-refractivity contribution in [1.82, 2.24) is 0 Å². The highest BCUT2D eigenvalue weighted by atomic mass is 16.4. The molecule has 0 heterocycles. The summed E-state index contributed by atoms with van der Waals surface area (Å²) in [6.07, 6.45) is 15.3. The number of allylic oxidation sites excluding steroid dienone is 5. The van der Waals surface area contributed by atoms with Crippen LogP contribution >= 0.6 is 0 Å². The highest BCUT2D eigenvalue weighted by Crippen LogP contribution is 2.29. The number of oxime groups is 1. The molecular weight excluding hydrogens is 326 g/mol. The van der Waals surface area contributed by atoms with E-state index in [0.717, 1.165) is 30.4 Å². The Morgan fingerprint density at radius 1 is 1.19 bits per heavy atom. The molecule has 1 aliphatic rings. The van der Waals surface area contributed by atoms with Crippen LogP contribution in [-0.4, -0.2) is 22.0 Å². The van der Waals surface area contributed by atoms with E-state index in [0.29, 0.717) is 5.71 Å². The Hall–Kier alpha value is -2.62. The lowest BCUT2D eigenvalue weighted by Crippen LogP contribution is -2.10. The van der Waals surface area contributed by atoms with Crippen molar-refractivity contribution >= 4 is 17.8 Å². The molecular formula is C22H27NO3. The van der Waals surface area contributed by atoms with E-state index in [-0.39, 0.29) is 11.0 Å². The summed E-state index contributed by atoms with van der Waals surface area (Å²) in [5, 5.41) is 21.8. The van der Waals surface area contributed by atoms with Crippen molar-refractivity contribution < 1.29 is 15.1 Å². The highest BCUT2D eigenvalue weighted by molar-refractivity contribution is 6.11. The van der Waals surface area contributed by atoms with Gasteiger partial charge in [0.2, 0.25) is 0 Å². The first kappa shape index (κ1) is 19.7. The maximum absolute atomic E-state index is 10.9. The van der Waals surface area contributed by atoms with Gasteiger partial charge in [0.1, 0.15) is 5.71 Å². The topological polar surface area (TPSA) is 69.9 Å². The number of hydrogen-bond donors (Lipinski definition) is 2. The van der Waals surface area contributed by atoms with Crippen LogP contribution in [-0.2, 0) is 0 Å². The van der Waals surface area contributed by atoms with Gasteiger partial charge in [-0.2, -0.15) is 0 Å². The van der Waals surface area contributed by atoms with E-state index in [4.69, 9.17) is 5.11 Å². The third-order valence-corrected chi connectivity index (χ3v) is 4.63. The van der Waals surface area contributed by atoms with Crippen molar-refractivity contribution in [2.75, 3.05) is 0 Å². The molecule has 0 unspecified atom stereocenters. The second kappa shape index (κ2) is 9.18. The lowest BCUT2D eigenvalue weighted by molar-refractivity contribution is 0.0697. The first-order valence-corrected chi connectivity index (χ1v) is 9.02. The second-order valence-electron chi connectivity index (χ2n) is 7.42.